The molecule has 3 unspecified atom stereocenters. The number of aliphatic hydroxyl groups excluding tert-OH is 1. The summed E-state index contributed by atoms with van der Waals surface area (Å²) in [5.41, 5.74) is 0.995. The second kappa shape index (κ2) is 9.94. The molecule has 1 aromatic rings. The predicted molar refractivity (Wildman–Crippen MR) is 99.5 cm³/mol. The van der Waals surface area contributed by atoms with Gasteiger partial charge in [0.05, 0.1) is 9.30 Å². The average Bonchev–Trinajstić information content (AvgIpc) is 2.88. The second-order valence-electron chi connectivity index (χ2n) is 5.91. The molecule has 0 saturated carbocycles. The van der Waals surface area contributed by atoms with Crippen molar-refractivity contribution in [3.05, 3.63) is 27.3 Å². The maximum atomic E-state index is 12.7. The van der Waals surface area contributed by atoms with Gasteiger partial charge < -0.3 is 35.2 Å². The van der Waals surface area contributed by atoms with Crippen molar-refractivity contribution >= 4 is 23.5 Å². The highest BCUT2D eigenvalue weighted by atomic mass is 31.3. The number of phosphoric ester groups is 1. The van der Waals surface area contributed by atoms with Gasteiger partial charge in [0, 0.05) is 0 Å². The van der Waals surface area contributed by atoms with Gasteiger partial charge in [-0.2, -0.15) is 13.6 Å². The standard InChI is InChI=1S/C11H16FN4O14P3/c12-3-1-2-11(13)7(17)6(28-8(11)16-5-14-9(18)15-10(16)19)4-27-32(23,24)30-33(25,26)29-31(20,21)22/h5-8,17H,3-4,13H2,(H,23,24)(H,25,26)(H,15,18,19)(H2,20,21,22)/t6-,7+,8-,11?/m1/s1/i4D2. The number of halogens is 1. The van der Waals surface area contributed by atoms with E-state index in [1.165, 1.54) is 0 Å². The number of aromatic amines is 1. The van der Waals surface area contributed by atoms with Crippen molar-refractivity contribution < 1.29 is 63.4 Å². The molecule has 0 bridgehead atoms. The molecule has 6 atom stereocenters. The molecule has 1 aromatic heterocycles. The number of nitrogens with one attached hydrogen (secondary N) is 1. The van der Waals surface area contributed by atoms with Gasteiger partial charge in [0.1, 0.15) is 25.2 Å². The maximum absolute atomic E-state index is 12.7. The quantitative estimate of drug-likeness (QED) is 0.129. The van der Waals surface area contributed by atoms with Crippen LogP contribution in [0, 0.1) is 11.8 Å². The van der Waals surface area contributed by atoms with Crippen molar-refractivity contribution in [2.24, 2.45) is 5.73 Å². The number of phosphoric acid groups is 3. The molecule has 18 nitrogen and oxygen atoms in total. The Morgan fingerprint density at radius 3 is 2.48 bits per heavy atom. The highest BCUT2D eigenvalue weighted by Crippen LogP contribution is 2.66. The zero-order chi connectivity index (χ0) is 27.0. The Labute approximate surface area is 184 Å². The van der Waals surface area contributed by atoms with E-state index in [0.29, 0.717) is 10.9 Å². The third-order valence-electron chi connectivity index (χ3n) is 3.53. The number of aromatic nitrogens is 3. The van der Waals surface area contributed by atoms with E-state index < -0.39 is 72.1 Å². The lowest BCUT2D eigenvalue weighted by molar-refractivity contribution is -0.0472. The van der Waals surface area contributed by atoms with E-state index in [9.17, 15) is 42.6 Å². The van der Waals surface area contributed by atoms with Gasteiger partial charge in [-0.25, -0.2) is 27.7 Å². The van der Waals surface area contributed by atoms with Crippen LogP contribution < -0.4 is 17.1 Å². The van der Waals surface area contributed by atoms with Gasteiger partial charge in [-0.3, -0.25) is 14.1 Å². The average molecular weight is 542 g/mol. The molecule has 33 heavy (non-hydrogen) atoms. The molecule has 0 spiro atoms. The van der Waals surface area contributed by atoms with Gasteiger partial charge in [-0.15, -0.1) is 0 Å². The van der Waals surface area contributed by atoms with Gasteiger partial charge in [0.2, 0.25) is 0 Å². The number of alkyl halides is 1. The summed E-state index contributed by atoms with van der Waals surface area (Å²) in [6.07, 6.45) is -6.35. The highest BCUT2D eigenvalue weighted by Gasteiger charge is 2.55. The van der Waals surface area contributed by atoms with E-state index in [2.05, 4.69) is 18.1 Å². The molecular formula is C11H16FN4O14P3. The summed E-state index contributed by atoms with van der Waals surface area (Å²) in [7, 11) is -17.9. The minimum Gasteiger partial charge on any atom is -0.387 e. The summed E-state index contributed by atoms with van der Waals surface area (Å²) >= 11 is 0. The van der Waals surface area contributed by atoms with E-state index in [0.717, 1.165) is 0 Å². The van der Waals surface area contributed by atoms with Gasteiger partial charge in [-0.05, 0) is 0 Å². The Hall–Kier alpha value is -1.61. The van der Waals surface area contributed by atoms with Gasteiger partial charge >= 0.3 is 34.8 Å². The van der Waals surface area contributed by atoms with Crippen molar-refractivity contribution in [1.82, 2.24) is 14.5 Å². The third-order valence-corrected chi connectivity index (χ3v) is 7.20. The lowest BCUT2D eigenvalue weighted by Gasteiger charge is -2.27. The van der Waals surface area contributed by atoms with Gasteiger partial charge in [0.15, 0.2) is 11.8 Å². The first-order chi connectivity index (χ1) is 15.7. The normalized spacial score (nSPS) is 30.3. The van der Waals surface area contributed by atoms with Crippen LogP contribution in [0.3, 0.4) is 0 Å². The molecule has 2 rings (SSSR count). The number of aliphatic hydroxyl groups is 1. The molecule has 0 aromatic carbocycles. The summed E-state index contributed by atoms with van der Waals surface area (Å²) < 4.78 is 79.0. The first-order valence-electron chi connectivity index (χ1n) is 8.93. The van der Waals surface area contributed by atoms with E-state index in [1.54, 1.807) is 4.98 Å². The smallest absolute Gasteiger partial charge is 0.387 e. The number of hydrogen-bond acceptors (Lipinski definition) is 12. The molecule has 0 radical (unpaired) electrons. The number of nitrogens with zero attached hydrogens (tertiary/aromatic N) is 2. The van der Waals surface area contributed by atoms with Crippen LogP contribution in [-0.4, -0.2) is 70.2 Å². The van der Waals surface area contributed by atoms with Crippen LogP contribution >= 0.6 is 23.5 Å². The fraction of sp³-hybridized carbons (Fsp3) is 0.545. The molecule has 1 aliphatic heterocycles. The number of hydrogen-bond donors (Lipinski definition) is 7. The fourth-order valence-corrected chi connectivity index (χ4v) is 5.25. The van der Waals surface area contributed by atoms with Crippen molar-refractivity contribution in [1.29, 1.82) is 0 Å². The summed E-state index contributed by atoms with van der Waals surface area (Å²) in [4.78, 5) is 64.1. The SMILES string of the molecule is [2H]C([2H])(OP(=O)(O)OP(=O)(O)OP(=O)(O)O)[C@H]1O[C@@H](n2cnc(=O)[nH]c2=O)C(N)(C#CCF)[C@H]1O. The minimum absolute atomic E-state index is 0.415. The second-order valence-corrected chi connectivity index (χ2v) is 10.3. The number of nitrogens with two attached hydrogens (primary N) is 1. The zero-order valence-corrected chi connectivity index (χ0v) is 18.3. The predicted octanol–water partition coefficient (Wildman–Crippen LogP) is -2.80. The van der Waals surface area contributed by atoms with Gasteiger partial charge in [0.25, 0.3) is 0 Å². The molecule has 2 heterocycles. The van der Waals surface area contributed by atoms with Crippen molar-refractivity contribution in [2.75, 3.05) is 13.2 Å². The first-order valence-corrected chi connectivity index (χ1v) is 12.5. The van der Waals surface area contributed by atoms with E-state index in [-0.39, 0.29) is 0 Å². The molecule has 8 N–H and O–H groups in total. The van der Waals surface area contributed by atoms with Crippen LogP contribution in [0.4, 0.5) is 4.39 Å². The van der Waals surface area contributed by atoms with Crippen LogP contribution in [0.5, 0.6) is 0 Å². The van der Waals surface area contributed by atoms with Crippen molar-refractivity contribution in [3.63, 3.8) is 0 Å². The Morgan fingerprint density at radius 1 is 1.30 bits per heavy atom. The lowest BCUT2D eigenvalue weighted by atomic mass is 9.91. The Bertz CT molecular complexity index is 1290. The Morgan fingerprint density at radius 2 is 1.94 bits per heavy atom. The van der Waals surface area contributed by atoms with Gasteiger partial charge in [-0.1, -0.05) is 11.8 Å². The van der Waals surface area contributed by atoms with Crippen molar-refractivity contribution in [2.45, 2.75) is 24.0 Å². The van der Waals surface area contributed by atoms with Crippen molar-refractivity contribution in [3.8, 4) is 11.8 Å². The summed E-state index contributed by atoms with van der Waals surface area (Å²) in [6, 6.07) is 0. The Balaban J connectivity index is 2.43. The maximum Gasteiger partial charge on any atom is 0.490 e. The number of H-pyrrole nitrogens is 1. The number of rotatable bonds is 8. The van der Waals surface area contributed by atoms with E-state index >= 15 is 0 Å². The summed E-state index contributed by atoms with van der Waals surface area (Å²) in [5, 5.41) is 10.6. The molecule has 0 aliphatic carbocycles. The fourth-order valence-electron chi connectivity index (χ4n) is 2.37. The molecule has 1 saturated heterocycles. The lowest BCUT2D eigenvalue weighted by Crippen LogP contribution is -2.55. The van der Waals surface area contributed by atoms with E-state index in [4.69, 9.17) is 23.0 Å². The molecule has 1 aliphatic rings. The molecular weight excluding hydrogens is 524 g/mol. The number of ether oxygens (including phenoxy) is 1. The van der Waals surface area contributed by atoms with Crippen LogP contribution in [0.2, 0.25) is 0 Å². The van der Waals surface area contributed by atoms with Crippen LogP contribution in [0.1, 0.15) is 8.97 Å². The molecule has 1 fully saturated rings. The highest BCUT2D eigenvalue weighted by molar-refractivity contribution is 7.66. The topological polar surface area (TPSA) is 283 Å². The summed E-state index contributed by atoms with van der Waals surface area (Å²) in [6.45, 7) is -5.04. The largest absolute Gasteiger partial charge is 0.490 e. The zero-order valence-electron chi connectivity index (χ0n) is 17.6. The molecule has 186 valence electrons. The monoisotopic (exact) mass is 542 g/mol. The summed E-state index contributed by atoms with van der Waals surface area (Å²) in [5.74, 6) is 3.82. The van der Waals surface area contributed by atoms with Crippen LogP contribution in [-0.2, 0) is 31.6 Å². The minimum atomic E-state index is -6.08. The Kier molecular flexibility index (Phi) is 7.38. The molecule has 0 amide bonds. The van der Waals surface area contributed by atoms with Crippen LogP contribution in [0.15, 0.2) is 15.9 Å². The molecule has 22 heteroatoms. The van der Waals surface area contributed by atoms with E-state index in [1.807, 2.05) is 11.8 Å². The third kappa shape index (κ3) is 7.18. The first kappa shape index (κ1) is 24.5. The van der Waals surface area contributed by atoms with Crippen LogP contribution in [0.25, 0.3) is 0 Å².